The number of halogens is 8. The van der Waals surface area contributed by atoms with Crippen LogP contribution in [0.5, 0.6) is 0 Å². The van der Waals surface area contributed by atoms with Crippen LogP contribution in [0.15, 0.2) is 67.8 Å². The maximum absolute atomic E-state index is 12.2. The van der Waals surface area contributed by atoms with Crippen LogP contribution in [0.3, 0.4) is 0 Å². The minimum Gasteiger partial charge on any atom is -0.343 e. The first-order chi connectivity index (χ1) is 21.9. The van der Waals surface area contributed by atoms with Crippen LogP contribution in [0, 0.1) is 10.8 Å². The number of alkyl halides is 5. The molecule has 4 rings (SSSR count). The fourth-order valence-corrected chi connectivity index (χ4v) is 3.23. The van der Waals surface area contributed by atoms with Gasteiger partial charge in [0.05, 0.1) is 44.9 Å². The van der Waals surface area contributed by atoms with Gasteiger partial charge in [-0.2, -0.15) is 6.42 Å². The van der Waals surface area contributed by atoms with Crippen LogP contribution < -0.4 is 28.7 Å². The minimum absolute atomic E-state index is 0. The van der Waals surface area contributed by atoms with E-state index in [2.05, 4.69) is 207 Å². The number of unbranched alkanes of at least 4 members (excludes halogenated alkanes) is 1. The zero-order valence-electron chi connectivity index (χ0n) is 26.7. The molecule has 19 heteroatoms. The number of anilines is 2. The van der Waals surface area contributed by atoms with Gasteiger partial charge < -0.3 is 25.9 Å². The van der Waals surface area contributed by atoms with Crippen molar-refractivity contribution in [2.75, 3.05) is 26.3 Å². The summed E-state index contributed by atoms with van der Waals surface area (Å²) in [5.41, 5.74) is 2.62. The molecular weight excluding hydrogens is 1500 g/mol. The van der Waals surface area contributed by atoms with Crippen molar-refractivity contribution in [1.29, 1.82) is 0 Å². The Balaban J connectivity index is -0.000000596. The first-order valence-electron chi connectivity index (χ1n) is 12.8. The van der Waals surface area contributed by atoms with E-state index < -0.39 is 0 Å². The maximum atomic E-state index is 12.2. The van der Waals surface area contributed by atoms with E-state index in [0.717, 1.165) is 21.6 Å². The molecule has 10 nitrogen and oxygen atoms in total. The largest absolute Gasteiger partial charge is 1.00 e. The van der Waals surface area contributed by atoms with Crippen molar-refractivity contribution in [3.8, 4) is 0 Å². The maximum Gasteiger partial charge on any atom is 1.00 e. The molecule has 0 fully saturated rings. The van der Waals surface area contributed by atoms with Crippen molar-refractivity contribution in [2.45, 2.75) is 19.7 Å². The van der Waals surface area contributed by atoms with Gasteiger partial charge in [-0.15, -0.1) is 0 Å². The third kappa shape index (κ3) is 23.4. The number of nitrogens with zero attached hydrogens (tertiary/aromatic N) is 8. The smallest absolute Gasteiger partial charge is 0.343 e. The Bertz CT molecular complexity index is 1350. The molecule has 0 saturated carbocycles. The Labute approximate surface area is 396 Å². The predicted octanol–water partition coefficient (Wildman–Crippen LogP) is 7.57. The van der Waals surface area contributed by atoms with E-state index in [1.165, 1.54) is 8.86 Å². The summed E-state index contributed by atoms with van der Waals surface area (Å²) in [4.78, 5) is 43.4. The van der Waals surface area contributed by atoms with Gasteiger partial charge in [-0.25, -0.2) is 9.97 Å². The fraction of sp³-hybridized carbons (Fsp3) is 0.321. The number of amides is 2. The number of hydrogen-bond acceptors (Lipinski definition) is 6. The van der Waals surface area contributed by atoms with Crippen LogP contribution in [0.25, 0.3) is 0 Å². The number of aromatic nitrogens is 6. The Morgan fingerprint density at radius 2 is 1.26 bits per heavy atom. The fourth-order valence-electron chi connectivity index (χ4n) is 2.83. The molecule has 47 heavy (non-hydrogen) atoms. The Morgan fingerprint density at radius 3 is 1.53 bits per heavy atom. The van der Waals surface area contributed by atoms with Crippen LogP contribution in [0.2, 0.25) is 0 Å². The Kier molecular flexibility index (Phi) is 38.6. The average Bonchev–Trinajstić information content (AvgIpc) is 3.65. The van der Waals surface area contributed by atoms with Crippen molar-refractivity contribution in [2.24, 2.45) is 14.1 Å². The molecule has 4 aromatic heterocycles. The Morgan fingerprint density at radius 1 is 0.851 bits per heavy atom. The molecule has 0 bridgehead atoms. The molecule has 0 aliphatic heterocycles. The third-order valence-corrected chi connectivity index (χ3v) is 6.22. The first kappa shape index (κ1) is 53.5. The molecule has 0 aromatic carbocycles. The molecule has 256 valence electrons. The van der Waals surface area contributed by atoms with Gasteiger partial charge >= 0.3 is 18.9 Å². The molecule has 0 saturated heterocycles. The molecular formula is C28H35I8LiN8O2. The molecule has 0 aliphatic carbocycles. The van der Waals surface area contributed by atoms with Crippen LogP contribution in [-0.2, 0) is 14.1 Å². The number of rotatable bonds is 5. The molecule has 4 heterocycles. The topological polar surface area (TPSA) is 102 Å². The molecule has 0 aliphatic rings. The predicted molar refractivity (Wildman–Crippen MR) is 260 cm³/mol. The number of hydrogen-bond donors (Lipinski definition) is 0. The van der Waals surface area contributed by atoms with Crippen LogP contribution in [-0.4, -0.2) is 57.4 Å². The number of aryl methyl sites for hydroxylation is 1. The molecule has 0 unspecified atom stereocenters. The number of carbonyl (C=O) groups excluding carboxylic acids is 2. The number of imidazole rings is 2. The van der Waals surface area contributed by atoms with Gasteiger partial charge in [0.2, 0.25) is 0 Å². The van der Waals surface area contributed by atoms with E-state index in [1.807, 2.05) is 19.2 Å². The summed E-state index contributed by atoms with van der Waals surface area (Å²) in [6.45, 7) is 5.72. The summed E-state index contributed by atoms with van der Waals surface area (Å²) in [5, 5.41) is 0. The van der Waals surface area contributed by atoms with Crippen LogP contribution in [0.4, 0.5) is 11.4 Å². The normalized spacial score (nSPS) is 9.09. The molecule has 0 spiro atoms. The van der Waals surface area contributed by atoms with Crippen molar-refractivity contribution in [3.63, 3.8) is 0 Å². The first-order valence-corrected chi connectivity index (χ1v) is 27.0. The van der Waals surface area contributed by atoms with Gasteiger partial charge in [0.1, 0.15) is 11.3 Å². The van der Waals surface area contributed by atoms with Gasteiger partial charge in [-0.3, -0.25) is 19.6 Å². The second-order valence-corrected chi connectivity index (χ2v) is 24.5. The molecule has 0 N–H and O–H groups in total. The summed E-state index contributed by atoms with van der Waals surface area (Å²) in [7, 11) is 7.04. The molecule has 2 amide bonds. The van der Waals surface area contributed by atoms with Gasteiger partial charge in [0.25, 0.3) is 11.8 Å². The van der Waals surface area contributed by atoms with E-state index >= 15 is 0 Å². The quantitative estimate of drug-likeness (QED) is 0.0886. The van der Waals surface area contributed by atoms with E-state index in [4.69, 9.17) is 0 Å². The molecule has 0 atom stereocenters. The van der Waals surface area contributed by atoms with Gasteiger partial charge in [0, 0.05) is 77.8 Å². The van der Waals surface area contributed by atoms with Gasteiger partial charge in [-0.1, -0.05) is 126 Å². The molecule has 4 aromatic rings. The van der Waals surface area contributed by atoms with Gasteiger partial charge in [0.15, 0.2) is 3.83 Å². The van der Waals surface area contributed by atoms with E-state index in [0.29, 0.717) is 11.4 Å². The number of pyridine rings is 2. The summed E-state index contributed by atoms with van der Waals surface area (Å²) in [6.07, 6.45) is 13.7. The average molecular weight is 1540 g/mol. The van der Waals surface area contributed by atoms with E-state index in [1.54, 1.807) is 95.7 Å². The second-order valence-electron chi connectivity index (χ2n) is 8.21. The zero-order valence-corrected chi connectivity index (χ0v) is 43.9. The third-order valence-electron chi connectivity index (χ3n) is 5.22. The monoisotopic (exact) mass is 1540 g/mol. The Hall–Kier alpha value is 2.10. The van der Waals surface area contributed by atoms with E-state index in [9.17, 15) is 9.59 Å². The zero-order chi connectivity index (χ0) is 35.7. The van der Waals surface area contributed by atoms with Crippen molar-refractivity contribution >= 4 is 196 Å². The summed E-state index contributed by atoms with van der Waals surface area (Å²) >= 11 is 17.8. The minimum atomic E-state index is -0.104. The van der Waals surface area contributed by atoms with Crippen LogP contribution in [0.1, 0.15) is 40.7 Å². The summed E-state index contributed by atoms with van der Waals surface area (Å²) in [5.74, 6) is -0.205. The number of carbonyl (C=O) groups is 2. The summed E-state index contributed by atoms with van der Waals surface area (Å²) < 4.78 is 6.17. The summed E-state index contributed by atoms with van der Waals surface area (Å²) in [6, 6.07) is 7.27. The van der Waals surface area contributed by atoms with Crippen molar-refractivity contribution in [1.82, 2.24) is 29.1 Å². The van der Waals surface area contributed by atoms with Gasteiger partial charge in [-0.05, 0) is 46.9 Å². The van der Waals surface area contributed by atoms with Crippen molar-refractivity contribution in [3.05, 3.63) is 89.9 Å². The second kappa shape index (κ2) is 33.9. The SMILES string of the molecule is CN(C(=O)c1cnc(I)n1C)c1cccnc1.CN(C(=O)c1cncn1C)c1cccnc1.IC(I)I.ICI.II.[CH2-]CCC.[Li+]. The van der Waals surface area contributed by atoms with Crippen molar-refractivity contribution < 1.29 is 28.4 Å². The molecule has 0 radical (unpaired) electrons. The van der Waals surface area contributed by atoms with E-state index in [-0.39, 0.29) is 30.7 Å². The van der Waals surface area contributed by atoms with Crippen LogP contribution >= 0.6 is 173 Å². The standard InChI is InChI=1S/C11H11IN4O.C11H12N4O.C4H9.CHI3.CH2I2.I2.Li/c1-15(8-4-3-5-13-6-8)10(17)9-7-14-11(12)16(9)2;1-14-8-13-7-10(14)11(16)15(2)9-4-3-5-12-6-9;1-3-4-2;2-1(3)4;2-1-3;1-2;/h3-7H,1-2H3;3-8H,1-2H3;1,3-4H2,2H3;1H;1H2;;/q;;-1;;;;+1.